The first-order chi connectivity index (χ1) is 11.9. The fraction of sp³-hybridized carbons (Fsp3) is 0.412. The van der Waals surface area contributed by atoms with Crippen LogP contribution in [0.3, 0.4) is 0 Å². The van der Waals surface area contributed by atoms with Crippen molar-refractivity contribution >= 4 is 27.5 Å². The molecule has 8 heteroatoms. The van der Waals surface area contributed by atoms with E-state index < -0.39 is 10.0 Å². The van der Waals surface area contributed by atoms with Gasteiger partial charge in [-0.25, -0.2) is 13.4 Å². The molecule has 1 aliphatic rings. The van der Waals surface area contributed by atoms with Crippen molar-refractivity contribution in [1.29, 1.82) is 0 Å². The first-order valence-electron chi connectivity index (χ1n) is 8.25. The van der Waals surface area contributed by atoms with E-state index in [1.54, 1.807) is 35.4 Å². The Kier molecular flexibility index (Phi) is 4.80. The van der Waals surface area contributed by atoms with E-state index in [0.29, 0.717) is 17.5 Å². The minimum atomic E-state index is -3.69. The van der Waals surface area contributed by atoms with Crippen LogP contribution in [0.1, 0.15) is 18.4 Å². The predicted molar refractivity (Wildman–Crippen MR) is 99.8 cm³/mol. The molecule has 1 fully saturated rings. The fourth-order valence-electron chi connectivity index (χ4n) is 2.77. The molecule has 3 rings (SSSR count). The Hall–Kier alpha value is -2.35. The number of aromatic nitrogens is 2. The molecule has 0 unspecified atom stereocenters. The molecular weight excluding hydrogens is 338 g/mol. The van der Waals surface area contributed by atoms with E-state index in [-0.39, 0.29) is 4.90 Å². The fourth-order valence-corrected chi connectivity index (χ4v) is 3.81. The SMILES string of the molecule is Cc1ccc(S(=O)(=O)Nc2cnc(N3CCCC3)nc2N(C)C)cc1. The van der Waals surface area contributed by atoms with E-state index in [2.05, 4.69) is 19.6 Å². The van der Waals surface area contributed by atoms with Crippen molar-refractivity contribution in [3.63, 3.8) is 0 Å². The zero-order valence-corrected chi connectivity index (χ0v) is 15.5. The monoisotopic (exact) mass is 361 g/mol. The van der Waals surface area contributed by atoms with Gasteiger partial charge in [0.1, 0.15) is 5.69 Å². The van der Waals surface area contributed by atoms with Crippen molar-refractivity contribution in [2.75, 3.05) is 41.7 Å². The van der Waals surface area contributed by atoms with Gasteiger partial charge in [-0.1, -0.05) is 17.7 Å². The highest BCUT2D eigenvalue weighted by Gasteiger charge is 2.21. The van der Waals surface area contributed by atoms with E-state index >= 15 is 0 Å². The standard InChI is InChI=1S/C17H23N5O2S/c1-13-6-8-14(9-7-13)25(23,24)20-15-12-18-17(19-16(15)21(2)3)22-10-4-5-11-22/h6-9,12,20H,4-5,10-11H2,1-3H3. The number of nitrogens with one attached hydrogen (secondary N) is 1. The van der Waals surface area contributed by atoms with Gasteiger partial charge in [0.15, 0.2) is 5.82 Å². The molecule has 1 saturated heterocycles. The molecule has 0 atom stereocenters. The minimum Gasteiger partial charge on any atom is -0.361 e. The van der Waals surface area contributed by atoms with Crippen LogP contribution < -0.4 is 14.5 Å². The van der Waals surface area contributed by atoms with Gasteiger partial charge < -0.3 is 9.80 Å². The lowest BCUT2D eigenvalue weighted by Crippen LogP contribution is -2.24. The zero-order valence-electron chi connectivity index (χ0n) is 14.7. The van der Waals surface area contributed by atoms with Gasteiger partial charge in [0.25, 0.3) is 10.0 Å². The van der Waals surface area contributed by atoms with Crippen LogP contribution in [0.15, 0.2) is 35.4 Å². The second-order valence-corrected chi connectivity index (χ2v) is 8.10. The molecule has 25 heavy (non-hydrogen) atoms. The van der Waals surface area contributed by atoms with Gasteiger partial charge in [0.2, 0.25) is 5.95 Å². The number of sulfonamides is 1. The number of rotatable bonds is 5. The molecule has 0 bridgehead atoms. The lowest BCUT2D eigenvalue weighted by Gasteiger charge is -2.21. The van der Waals surface area contributed by atoms with Crippen molar-refractivity contribution in [2.24, 2.45) is 0 Å². The Labute approximate surface area is 148 Å². The van der Waals surface area contributed by atoms with Gasteiger partial charge in [-0.2, -0.15) is 4.98 Å². The largest absolute Gasteiger partial charge is 0.361 e. The van der Waals surface area contributed by atoms with Gasteiger partial charge in [-0.3, -0.25) is 4.72 Å². The second-order valence-electron chi connectivity index (χ2n) is 6.41. The Balaban J connectivity index is 1.92. The highest BCUT2D eigenvalue weighted by molar-refractivity contribution is 7.92. The maximum atomic E-state index is 12.6. The van der Waals surface area contributed by atoms with Gasteiger partial charge in [0, 0.05) is 27.2 Å². The molecule has 0 aliphatic carbocycles. The van der Waals surface area contributed by atoms with Crippen LogP contribution in [-0.4, -0.2) is 45.6 Å². The van der Waals surface area contributed by atoms with E-state index in [9.17, 15) is 8.42 Å². The normalized spacial score (nSPS) is 14.6. The molecule has 134 valence electrons. The van der Waals surface area contributed by atoms with Crippen molar-refractivity contribution < 1.29 is 8.42 Å². The van der Waals surface area contributed by atoms with Crippen LogP contribution in [0, 0.1) is 6.92 Å². The Bertz CT molecular complexity index is 844. The van der Waals surface area contributed by atoms with E-state index in [1.165, 1.54) is 0 Å². The molecule has 1 aliphatic heterocycles. The molecule has 0 spiro atoms. The molecule has 2 heterocycles. The molecule has 0 amide bonds. The Morgan fingerprint density at radius 1 is 1.12 bits per heavy atom. The van der Waals surface area contributed by atoms with Crippen molar-refractivity contribution in [3.05, 3.63) is 36.0 Å². The lowest BCUT2D eigenvalue weighted by atomic mass is 10.2. The van der Waals surface area contributed by atoms with E-state index in [4.69, 9.17) is 0 Å². The van der Waals surface area contributed by atoms with E-state index in [0.717, 1.165) is 31.5 Å². The second kappa shape index (κ2) is 6.87. The first kappa shape index (κ1) is 17.5. The topological polar surface area (TPSA) is 78.4 Å². The summed E-state index contributed by atoms with van der Waals surface area (Å²) in [7, 11) is -0.0220. The van der Waals surface area contributed by atoms with Crippen LogP contribution in [0.4, 0.5) is 17.5 Å². The summed E-state index contributed by atoms with van der Waals surface area (Å²) in [5, 5.41) is 0. The summed E-state index contributed by atoms with van der Waals surface area (Å²) in [4.78, 5) is 13.0. The summed E-state index contributed by atoms with van der Waals surface area (Å²) in [6, 6.07) is 6.72. The summed E-state index contributed by atoms with van der Waals surface area (Å²) >= 11 is 0. The predicted octanol–water partition coefficient (Wildman–Crippen LogP) is 2.25. The minimum absolute atomic E-state index is 0.214. The average Bonchev–Trinajstić information content (AvgIpc) is 3.09. The third-order valence-corrected chi connectivity index (χ3v) is 5.53. The van der Waals surface area contributed by atoms with Gasteiger partial charge >= 0.3 is 0 Å². The van der Waals surface area contributed by atoms with Crippen molar-refractivity contribution in [1.82, 2.24) is 9.97 Å². The van der Waals surface area contributed by atoms with Gasteiger partial charge in [0.05, 0.1) is 11.1 Å². The molecule has 7 nitrogen and oxygen atoms in total. The molecule has 0 saturated carbocycles. The summed E-state index contributed by atoms with van der Waals surface area (Å²) < 4.78 is 27.9. The van der Waals surface area contributed by atoms with Crippen molar-refractivity contribution in [3.8, 4) is 0 Å². The third-order valence-electron chi connectivity index (χ3n) is 4.14. The first-order valence-corrected chi connectivity index (χ1v) is 9.74. The third kappa shape index (κ3) is 3.84. The van der Waals surface area contributed by atoms with E-state index in [1.807, 2.05) is 21.0 Å². The highest BCUT2D eigenvalue weighted by atomic mass is 32.2. The van der Waals surface area contributed by atoms with Crippen LogP contribution in [0.5, 0.6) is 0 Å². The Morgan fingerprint density at radius 3 is 2.36 bits per heavy atom. The van der Waals surface area contributed by atoms with Crippen LogP contribution >= 0.6 is 0 Å². The van der Waals surface area contributed by atoms with Crippen molar-refractivity contribution in [2.45, 2.75) is 24.7 Å². The Morgan fingerprint density at radius 2 is 1.76 bits per heavy atom. The van der Waals surface area contributed by atoms with Crippen LogP contribution in [-0.2, 0) is 10.0 Å². The smallest absolute Gasteiger partial charge is 0.262 e. The number of aryl methyl sites for hydroxylation is 1. The number of hydrogen-bond acceptors (Lipinski definition) is 6. The molecule has 2 aromatic rings. The van der Waals surface area contributed by atoms with Crippen LogP contribution in [0.25, 0.3) is 0 Å². The molecule has 1 aromatic carbocycles. The average molecular weight is 361 g/mol. The summed E-state index contributed by atoms with van der Waals surface area (Å²) in [6.45, 7) is 3.78. The number of hydrogen-bond donors (Lipinski definition) is 1. The number of benzene rings is 1. The summed E-state index contributed by atoms with van der Waals surface area (Å²) in [5.74, 6) is 1.19. The molecule has 1 aromatic heterocycles. The quantitative estimate of drug-likeness (QED) is 0.880. The van der Waals surface area contributed by atoms with Gasteiger partial charge in [-0.15, -0.1) is 0 Å². The van der Waals surface area contributed by atoms with Crippen LogP contribution in [0.2, 0.25) is 0 Å². The maximum absolute atomic E-state index is 12.6. The summed E-state index contributed by atoms with van der Waals surface area (Å²) in [6.07, 6.45) is 3.80. The number of nitrogens with zero attached hydrogens (tertiary/aromatic N) is 4. The number of anilines is 3. The lowest BCUT2D eigenvalue weighted by molar-refractivity contribution is 0.601. The molecule has 0 radical (unpaired) electrons. The van der Waals surface area contributed by atoms with Gasteiger partial charge in [-0.05, 0) is 31.9 Å². The zero-order chi connectivity index (χ0) is 18.0. The molecular formula is C17H23N5O2S. The maximum Gasteiger partial charge on any atom is 0.262 e. The summed E-state index contributed by atoms with van der Waals surface area (Å²) in [5.41, 5.74) is 1.37. The highest BCUT2D eigenvalue weighted by Crippen LogP contribution is 2.27. The molecule has 1 N–H and O–H groups in total.